The van der Waals surface area contributed by atoms with Gasteiger partial charge in [-0.3, -0.25) is 9.78 Å². The number of pyridine rings is 1. The molecule has 16 heavy (non-hydrogen) atoms. The van der Waals surface area contributed by atoms with Crippen molar-refractivity contribution in [3.8, 4) is 0 Å². The molecule has 0 amide bonds. The summed E-state index contributed by atoms with van der Waals surface area (Å²) in [6.45, 7) is 6.04. The van der Waals surface area contributed by atoms with Gasteiger partial charge in [0.2, 0.25) is 0 Å². The van der Waals surface area contributed by atoms with Crippen LogP contribution in [0.4, 0.5) is 0 Å². The molecule has 0 aliphatic rings. The molecule has 0 fully saturated rings. The Labute approximate surface area is 99.1 Å². The molecule has 2 nitrogen and oxygen atoms in total. The number of ketones is 1. The minimum atomic E-state index is 0.174. The number of hydrogen-bond donors (Lipinski definition) is 0. The van der Waals surface area contributed by atoms with E-state index in [1.165, 1.54) is 25.7 Å². The average molecular weight is 221 g/mol. The Morgan fingerprint density at radius 2 is 1.88 bits per heavy atom. The molecule has 0 saturated carbocycles. The fourth-order valence-corrected chi connectivity index (χ4v) is 1.29. The molecule has 0 saturated heterocycles. The lowest BCUT2D eigenvalue weighted by atomic mass is 10.2. The molecule has 1 heterocycles. The lowest BCUT2D eigenvalue weighted by Crippen LogP contribution is -1.95. The van der Waals surface area contributed by atoms with E-state index < -0.39 is 0 Å². The van der Waals surface area contributed by atoms with Gasteiger partial charge in [0.25, 0.3) is 0 Å². The summed E-state index contributed by atoms with van der Waals surface area (Å²) in [5, 5.41) is 0. The van der Waals surface area contributed by atoms with Gasteiger partial charge in [0.1, 0.15) is 5.78 Å². The van der Waals surface area contributed by atoms with Crippen LogP contribution in [0.2, 0.25) is 0 Å². The van der Waals surface area contributed by atoms with Crippen LogP contribution in [0.25, 0.3) is 0 Å². The van der Waals surface area contributed by atoms with E-state index in [0.29, 0.717) is 6.42 Å². The highest BCUT2D eigenvalue weighted by Gasteiger charge is 1.94. The third-order valence-corrected chi connectivity index (χ3v) is 2.13. The first-order chi connectivity index (χ1) is 7.70. The van der Waals surface area contributed by atoms with Crippen LogP contribution < -0.4 is 0 Å². The van der Waals surface area contributed by atoms with E-state index in [9.17, 15) is 4.79 Å². The SMILES string of the molecule is CC(=O)Cc1cccnc1.CCCCCC. The number of carbonyl (C=O) groups excluding carboxylic acids is 1. The zero-order valence-corrected chi connectivity index (χ0v) is 10.7. The minimum Gasteiger partial charge on any atom is -0.300 e. The molecule has 0 aliphatic carbocycles. The molecule has 1 aromatic rings. The first-order valence-corrected chi connectivity index (χ1v) is 6.09. The Hall–Kier alpha value is -1.18. The number of aromatic nitrogens is 1. The van der Waals surface area contributed by atoms with E-state index in [0.717, 1.165) is 5.56 Å². The molecule has 0 bridgehead atoms. The van der Waals surface area contributed by atoms with Crippen molar-refractivity contribution in [2.75, 3.05) is 0 Å². The van der Waals surface area contributed by atoms with E-state index in [1.54, 1.807) is 19.3 Å². The monoisotopic (exact) mass is 221 g/mol. The summed E-state index contributed by atoms with van der Waals surface area (Å²) in [5.41, 5.74) is 0.981. The van der Waals surface area contributed by atoms with Crippen LogP contribution >= 0.6 is 0 Å². The smallest absolute Gasteiger partial charge is 0.134 e. The lowest BCUT2D eigenvalue weighted by molar-refractivity contribution is -0.116. The van der Waals surface area contributed by atoms with Crippen LogP contribution in [0.1, 0.15) is 52.0 Å². The Kier molecular flexibility index (Phi) is 9.58. The molecule has 1 aromatic heterocycles. The Morgan fingerprint density at radius 1 is 1.25 bits per heavy atom. The maximum atomic E-state index is 10.6. The van der Waals surface area contributed by atoms with Gasteiger partial charge in [0.05, 0.1) is 0 Å². The van der Waals surface area contributed by atoms with Crippen molar-refractivity contribution < 1.29 is 4.79 Å². The van der Waals surface area contributed by atoms with E-state index >= 15 is 0 Å². The fourth-order valence-electron chi connectivity index (χ4n) is 1.29. The number of carbonyl (C=O) groups is 1. The van der Waals surface area contributed by atoms with Crippen molar-refractivity contribution in [3.05, 3.63) is 30.1 Å². The van der Waals surface area contributed by atoms with E-state index in [4.69, 9.17) is 0 Å². The van der Waals surface area contributed by atoms with Gasteiger partial charge >= 0.3 is 0 Å². The summed E-state index contributed by atoms with van der Waals surface area (Å²) >= 11 is 0. The van der Waals surface area contributed by atoms with Gasteiger partial charge in [0.15, 0.2) is 0 Å². The van der Waals surface area contributed by atoms with Crippen LogP contribution in [-0.4, -0.2) is 10.8 Å². The summed E-state index contributed by atoms with van der Waals surface area (Å²) < 4.78 is 0. The third-order valence-electron chi connectivity index (χ3n) is 2.13. The second kappa shape index (κ2) is 10.3. The van der Waals surface area contributed by atoms with Gasteiger partial charge < -0.3 is 0 Å². The van der Waals surface area contributed by atoms with Gasteiger partial charge in [-0.1, -0.05) is 45.6 Å². The van der Waals surface area contributed by atoms with Crippen molar-refractivity contribution in [1.82, 2.24) is 4.98 Å². The predicted molar refractivity (Wildman–Crippen MR) is 68.4 cm³/mol. The normalized spacial score (nSPS) is 9.19. The number of rotatable bonds is 5. The number of nitrogens with zero attached hydrogens (tertiary/aromatic N) is 1. The second-order valence-corrected chi connectivity index (χ2v) is 3.95. The highest BCUT2D eigenvalue weighted by Crippen LogP contribution is 1.96. The molecule has 0 atom stereocenters. The standard InChI is InChI=1S/C8H9NO.C6H14/c1-7(10)5-8-3-2-4-9-6-8;1-3-5-6-4-2/h2-4,6H,5H2,1H3;3-6H2,1-2H3. The third kappa shape index (κ3) is 9.38. The molecule has 0 N–H and O–H groups in total. The van der Waals surface area contributed by atoms with E-state index in [-0.39, 0.29) is 5.78 Å². The zero-order valence-electron chi connectivity index (χ0n) is 10.7. The molecule has 0 radical (unpaired) electrons. The number of Topliss-reactive ketones (excluding diaryl/α,β-unsaturated/α-hetero) is 1. The largest absolute Gasteiger partial charge is 0.300 e. The van der Waals surface area contributed by atoms with Gasteiger partial charge in [-0.2, -0.15) is 0 Å². The maximum Gasteiger partial charge on any atom is 0.134 e. The molecule has 0 spiro atoms. The minimum absolute atomic E-state index is 0.174. The first-order valence-electron chi connectivity index (χ1n) is 6.09. The maximum absolute atomic E-state index is 10.6. The van der Waals surface area contributed by atoms with Crippen LogP contribution in [0.15, 0.2) is 24.5 Å². The Bertz CT molecular complexity index is 265. The van der Waals surface area contributed by atoms with Crippen LogP contribution in [0.3, 0.4) is 0 Å². The number of hydrogen-bond acceptors (Lipinski definition) is 2. The topological polar surface area (TPSA) is 30.0 Å². The second-order valence-electron chi connectivity index (χ2n) is 3.95. The van der Waals surface area contributed by atoms with Crippen molar-refractivity contribution in [2.45, 2.75) is 52.9 Å². The van der Waals surface area contributed by atoms with E-state index in [2.05, 4.69) is 18.8 Å². The predicted octanol–water partition coefficient (Wildman–Crippen LogP) is 3.80. The summed E-state index contributed by atoms with van der Waals surface area (Å²) in [4.78, 5) is 14.5. The van der Waals surface area contributed by atoms with Crippen LogP contribution in [0.5, 0.6) is 0 Å². The summed E-state index contributed by atoms with van der Waals surface area (Å²) in [6.07, 6.45) is 9.44. The Balaban J connectivity index is 0.000000325. The van der Waals surface area contributed by atoms with Gasteiger partial charge in [-0.25, -0.2) is 0 Å². The molecule has 1 rings (SSSR count). The molecule has 0 unspecified atom stereocenters. The van der Waals surface area contributed by atoms with Crippen LogP contribution in [0, 0.1) is 0 Å². The number of unbranched alkanes of at least 4 members (excludes halogenated alkanes) is 3. The zero-order chi connectivity index (χ0) is 12.2. The Morgan fingerprint density at radius 3 is 2.25 bits per heavy atom. The molecular formula is C14H23NO. The van der Waals surface area contributed by atoms with Gasteiger partial charge in [-0.05, 0) is 18.6 Å². The van der Waals surface area contributed by atoms with Gasteiger partial charge in [-0.15, -0.1) is 0 Å². The van der Waals surface area contributed by atoms with Crippen molar-refractivity contribution in [3.63, 3.8) is 0 Å². The van der Waals surface area contributed by atoms with Crippen molar-refractivity contribution in [2.24, 2.45) is 0 Å². The first kappa shape index (κ1) is 14.8. The average Bonchev–Trinajstić information content (AvgIpc) is 2.28. The lowest BCUT2D eigenvalue weighted by Gasteiger charge is -1.92. The summed E-state index contributed by atoms with van der Waals surface area (Å²) in [7, 11) is 0. The molecular weight excluding hydrogens is 198 g/mol. The van der Waals surface area contributed by atoms with Crippen LogP contribution in [-0.2, 0) is 11.2 Å². The fraction of sp³-hybridized carbons (Fsp3) is 0.571. The summed E-state index contributed by atoms with van der Waals surface area (Å²) in [5.74, 6) is 0.174. The highest BCUT2D eigenvalue weighted by atomic mass is 16.1. The molecule has 2 heteroatoms. The molecule has 0 aliphatic heterocycles. The van der Waals surface area contributed by atoms with E-state index in [1.807, 2.05) is 12.1 Å². The van der Waals surface area contributed by atoms with Gasteiger partial charge in [0, 0.05) is 18.8 Å². The molecule has 0 aromatic carbocycles. The highest BCUT2D eigenvalue weighted by molar-refractivity contribution is 5.77. The quantitative estimate of drug-likeness (QED) is 0.708. The van der Waals surface area contributed by atoms with Crippen molar-refractivity contribution >= 4 is 5.78 Å². The van der Waals surface area contributed by atoms with Crippen molar-refractivity contribution in [1.29, 1.82) is 0 Å². The summed E-state index contributed by atoms with van der Waals surface area (Å²) in [6, 6.07) is 3.73. The molecule has 90 valence electrons.